The molecule has 3 heterocycles. The summed E-state index contributed by atoms with van der Waals surface area (Å²) in [6, 6.07) is 19.3. The standard InChI is InChI=1S/C24H26N6O4/c25-24-27-21-18(22(33)28-24)26-14-30(21)23-20(32)19(17(13-31)34-23)29(11-15-7-3-1-4-8-15)12-16-9-5-2-6-10-16/h1-10,14,17,19-20,23,31-32H,11-13H2,(H3,25,27,28,33)/t17-,19?,20?,23?/m1/s1. The molecule has 0 radical (unpaired) electrons. The van der Waals surface area contributed by atoms with Crippen molar-refractivity contribution in [2.45, 2.75) is 37.6 Å². The second-order valence-electron chi connectivity index (χ2n) is 8.38. The molecule has 0 amide bonds. The van der Waals surface area contributed by atoms with Crippen molar-refractivity contribution in [1.29, 1.82) is 0 Å². The van der Waals surface area contributed by atoms with Crippen molar-refractivity contribution >= 4 is 17.1 Å². The Bertz CT molecular complexity index is 1270. The first-order valence-electron chi connectivity index (χ1n) is 11.0. The summed E-state index contributed by atoms with van der Waals surface area (Å²) < 4.78 is 7.61. The minimum atomic E-state index is -1.04. The number of hydrogen-bond acceptors (Lipinski definition) is 8. The molecular formula is C24H26N6O4. The minimum Gasteiger partial charge on any atom is -0.394 e. The third kappa shape index (κ3) is 4.19. The van der Waals surface area contributed by atoms with E-state index in [9.17, 15) is 15.0 Å². The van der Waals surface area contributed by atoms with Crippen LogP contribution < -0.4 is 11.3 Å². The van der Waals surface area contributed by atoms with Gasteiger partial charge in [-0.05, 0) is 11.1 Å². The molecule has 10 heteroatoms. The summed E-state index contributed by atoms with van der Waals surface area (Å²) in [7, 11) is 0. The van der Waals surface area contributed by atoms with Gasteiger partial charge in [-0.2, -0.15) is 4.98 Å². The molecule has 2 aromatic heterocycles. The van der Waals surface area contributed by atoms with E-state index in [1.807, 2.05) is 60.7 Å². The number of aromatic amines is 1. The number of imidazole rings is 1. The third-order valence-electron chi connectivity index (χ3n) is 6.12. The molecule has 4 atom stereocenters. The Balaban J connectivity index is 1.51. The van der Waals surface area contributed by atoms with Crippen LogP contribution in [0.4, 0.5) is 5.95 Å². The number of nitrogens with zero attached hydrogens (tertiary/aromatic N) is 4. The number of aromatic nitrogens is 4. The Hall–Kier alpha value is -3.57. The van der Waals surface area contributed by atoms with Gasteiger partial charge in [0.15, 0.2) is 17.4 Å². The van der Waals surface area contributed by atoms with Gasteiger partial charge in [0.1, 0.15) is 12.2 Å². The maximum absolute atomic E-state index is 12.2. The number of rotatable bonds is 7. The molecule has 0 aliphatic carbocycles. The number of nitrogens with one attached hydrogen (secondary N) is 1. The predicted octanol–water partition coefficient (Wildman–Crippen LogP) is 1.02. The summed E-state index contributed by atoms with van der Waals surface area (Å²) in [6.45, 7) is 0.792. The zero-order chi connectivity index (χ0) is 23.7. The molecule has 1 saturated heterocycles. The molecular weight excluding hydrogens is 436 g/mol. The van der Waals surface area contributed by atoms with Gasteiger partial charge in [-0.3, -0.25) is 19.2 Å². The van der Waals surface area contributed by atoms with Gasteiger partial charge in [0, 0.05) is 13.1 Å². The molecule has 2 aromatic carbocycles. The van der Waals surface area contributed by atoms with Gasteiger partial charge in [-0.25, -0.2) is 4.98 Å². The van der Waals surface area contributed by atoms with Gasteiger partial charge in [0.2, 0.25) is 5.95 Å². The van der Waals surface area contributed by atoms with Crippen molar-refractivity contribution in [3.05, 3.63) is 88.5 Å². The van der Waals surface area contributed by atoms with E-state index < -0.39 is 30.0 Å². The number of fused-ring (bicyclic) bond motifs is 1. The molecule has 0 bridgehead atoms. The number of ether oxygens (including phenoxy) is 1. The van der Waals surface area contributed by atoms with E-state index in [-0.39, 0.29) is 23.7 Å². The number of nitrogens with two attached hydrogens (primary N) is 1. The van der Waals surface area contributed by atoms with Crippen molar-refractivity contribution in [1.82, 2.24) is 24.4 Å². The average molecular weight is 463 g/mol. The van der Waals surface area contributed by atoms with Crippen LogP contribution in [0, 0.1) is 0 Å². The van der Waals surface area contributed by atoms with E-state index in [4.69, 9.17) is 10.5 Å². The highest BCUT2D eigenvalue weighted by Gasteiger charge is 2.47. The maximum atomic E-state index is 12.2. The van der Waals surface area contributed by atoms with Gasteiger partial charge in [-0.1, -0.05) is 60.7 Å². The fourth-order valence-corrected chi connectivity index (χ4v) is 4.59. The Morgan fingerprint density at radius 3 is 2.26 bits per heavy atom. The molecule has 4 aromatic rings. The minimum absolute atomic E-state index is 0.0585. The van der Waals surface area contributed by atoms with E-state index in [2.05, 4.69) is 19.9 Å². The normalized spacial score (nSPS) is 22.6. The lowest BCUT2D eigenvalue weighted by Gasteiger charge is -2.33. The molecule has 34 heavy (non-hydrogen) atoms. The lowest BCUT2D eigenvalue weighted by molar-refractivity contribution is -0.0501. The lowest BCUT2D eigenvalue weighted by Crippen LogP contribution is -2.47. The molecule has 1 fully saturated rings. The Kier molecular flexibility index (Phi) is 6.12. The molecule has 0 saturated carbocycles. The highest BCUT2D eigenvalue weighted by atomic mass is 16.5. The number of hydrogen-bond donors (Lipinski definition) is 4. The van der Waals surface area contributed by atoms with Crippen LogP contribution >= 0.6 is 0 Å². The summed E-state index contributed by atoms with van der Waals surface area (Å²) in [5, 5.41) is 21.6. The van der Waals surface area contributed by atoms with Crippen LogP contribution in [-0.4, -0.2) is 59.5 Å². The molecule has 3 unspecified atom stereocenters. The van der Waals surface area contributed by atoms with Crippen molar-refractivity contribution in [3.8, 4) is 0 Å². The fraction of sp³-hybridized carbons (Fsp3) is 0.292. The Morgan fingerprint density at radius 1 is 1.06 bits per heavy atom. The molecule has 10 nitrogen and oxygen atoms in total. The van der Waals surface area contributed by atoms with Crippen LogP contribution in [0.5, 0.6) is 0 Å². The van der Waals surface area contributed by atoms with E-state index >= 15 is 0 Å². The zero-order valence-electron chi connectivity index (χ0n) is 18.4. The molecule has 5 N–H and O–H groups in total. The van der Waals surface area contributed by atoms with Crippen LogP contribution in [0.15, 0.2) is 71.8 Å². The smallest absolute Gasteiger partial charge is 0.280 e. The third-order valence-corrected chi connectivity index (χ3v) is 6.12. The first kappa shape index (κ1) is 22.2. The molecule has 1 aliphatic heterocycles. The number of H-pyrrole nitrogens is 1. The highest BCUT2D eigenvalue weighted by Crippen LogP contribution is 2.35. The van der Waals surface area contributed by atoms with E-state index in [0.29, 0.717) is 13.1 Å². The lowest BCUT2D eigenvalue weighted by atomic mass is 10.0. The molecule has 5 rings (SSSR count). The number of anilines is 1. The maximum Gasteiger partial charge on any atom is 0.280 e. The molecule has 176 valence electrons. The summed E-state index contributed by atoms with van der Waals surface area (Å²) in [4.78, 5) is 25.0. The Morgan fingerprint density at radius 2 is 1.68 bits per heavy atom. The second-order valence-corrected chi connectivity index (χ2v) is 8.38. The Labute approximate surface area is 195 Å². The van der Waals surface area contributed by atoms with Crippen LogP contribution in [-0.2, 0) is 17.8 Å². The van der Waals surface area contributed by atoms with Crippen LogP contribution in [0.2, 0.25) is 0 Å². The first-order valence-corrected chi connectivity index (χ1v) is 11.0. The second kappa shape index (κ2) is 9.35. The predicted molar refractivity (Wildman–Crippen MR) is 125 cm³/mol. The van der Waals surface area contributed by atoms with Crippen molar-refractivity contribution in [2.75, 3.05) is 12.3 Å². The van der Waals surface area contributed by atoms with E-state index in [1.54, 1.807) is 0 Å². The summed E-state index contributed by atoms with van der Waals surface area (Å²) >= 11 is 0. The SMILES string of the molecule is Nc1nc2c(ncn2C2O[C@H](CO)C(N(Cc3ccccc3)Cc3ccccc3)C2O)c(=O)[nH]1. The van der Waals surface area contributed by atoms with E-state index in [1.165, 1.54) is 10.9 Å². The van der Waals surface area contributed by atoms with Crippen LogP contribution in [0.25, 0.3) is 11.2 Å². The highest BCUT2D eigenvalue weighted by molar-refractivity contribution is 5.70. The quantitative estimate of drug-likeness (QED) is 0.319. The average Bonchev–Trinajstić information content (AvgIpc) is 3.40. The van der Waals surface area contributed by atoms with Gasteiger partial charge >= 0.3 is 0 Å². The van der Waals surface area contributed by atoms with Crippen LogP contribution in [0.1, 0.15) is 17.4 Å². The summed E-state index contributed by atoms with van der Waals surface area (Å²) in [5.41, 5.74) is 7.70. The fourth-order valence-electron chi connectivity index (χ4n) is 4.59. The number of aliphatic hydroxyl groups is 2. The van der Waals surface area contributed by atoms with Gasteiger partial charge in [0.25, 0.3) is 5.56 Å². The van der Waals surface area contributed by atoms with Gasteiger partial charge in [0.05, 0.1) is 19.0 Å². The molecule has 0 spiro atoms. The van der Waals surface area contributed by atoms with Crippen LogP contribution in [0.3, 0.4) is 0 Å². The van der Waals surface area contributed by atoms with E-state index in [0.717, 1.165) is 11.1 Å². The monoisotopic (exact) mass is 462 g/mol. The number of nitrogen functional groups attached to an aromatic ring is 1. The van der Waals surface area contributed by atoms with Crippen molar-refractivity contribution < 1.29 is 14.9 Å². The van der Waals surface area contributed by atoms with Gasteiger partial charge in [-0.15, -0.1) is 0 Å². The summed E-state index contributed by atoms with van der Waals surface area (Å²) in [6.07, 6.45) is -1.22. The van der Waals surface area contributed by atoms with Crippen molar-refractivity contribution in [3.63, 3.8) is 0 Å². The molecule has 1 aliphatic rings. The zero-order valence-corrected chi connectivity index (χ0v) is 18.4. The van der Waals surface area contributed by atoms with Gasteiger partial charge < -0.3 is 20.7 Å². The first-order chi connectivity index (χ1) is 16.5. The topological polar surface area (TPSA) is 143 Å². The van der Waals surface area contributed by atoms with Crippen molar-refractivity contribution in [2.24, 2.45) is 0 Å². The number of aliphatic hydroxyl groups excluding tert-OH is 2. The summed E-state index contributed by atoms with van der Waals surface area (Å²) in [5.74, 6) is -0.0585. The number of benzene rings is 2. The largest absolute Gasteiger partial charge is 0.394 e.